The van der Waals surface area contributed by atoms with Crippen LogP contribution in [-0.2, 0) is 16.6 Å². The number of aliphatic hydroxyl groups is 1. The minimum atomic E-state index is -4.14. The number of sulfonamides is 1. The summed E-state index contributed by atoms with van der Waals surface area (Å²) in [7, 11) is -2.17. The third-order valence-electron chi connectivity index (χ3n) is 7.91. The SMILES string of the molecule is C[C@H]1CN([C@@H](C)CO)C(=O)c2cccc(NS(=O)(=O)c3ccc(F)cc3)c2O[C@H]1CN(C)Cc1ccc(Oc2ccccc2)cc1. The van der Waals surface area contributed by atoms with Gasteiger partial charge >= 0.3 is 0 Å². The Kier molecular flexibility index (Phi) is 10.3. The number of fused-ring (bicyclic) bond motifs is 1. The van der Waals surface area contributed by atoms with Crippen LogP contribution in [-0.4, -0.2) is 68.1 Å². The molecule has 0 radical (unpaired) electrons. The van der Waals surface area contributed by atoms with Crippen LogP contribution in [0.1, 0.15) is 29.8 Å². The number of nitrogens with zero attached hydrogens (tertiary/aromatic N) is 2. The summed E-state index contributed by atoms with van der Waals surface area (Å²) in [6.07, 6.45) is -0.456. The largest absolute Gasteiger partial charge is 0.486 e. The number of rotatable bonds is 11. The van der Waals surface area contributed by atoms with Gasteiger partial charge in [0, 0.05) is 25.6 Å². The van der Waals surface area contributed by atoms with Crippen LogP contribution in [0.4, 0.5) is 10.1 Å². The van der Waals surface area contributed by atoms with Gasteiger partial charge in [0.2, 0.25) is 0 Å². The van der Waals surface area contributed by atoms with Crippen LogP contribution in [0.5, 0.6) is 17.2 Å². The molecule has 1 heterocycles. The van der Waals surface area contributed by atoms with E-state index in [1.807, 2.05) is 68.6 Å². The molecule has 0 fully saturated rings. The van der Waals surface area contributed by atoms with Gasteiger partial charge in [0.25, 0.3) is 15.9 Å². The summed E-state index contributed by atoms with van der Waals surface area (Å²) in [5.41, 5.74) is 1.32. The topological polar surface area (TPSA) is 108 Å². The Hall–Kier alpha value is -4.45. The van der Waals surface area contributed by atoms with E-state index >= 15 is 0 Å². The van der Waals surface area contributed by atoms with Gasteiger partial charge in [-0.2, -0.15) is 0 Å². The number of hydrogen-bond donors (Lipinski definition) is 2. The predicted octanol–water partition coefficient (Wildman–Crippen LogP) is 5.77. The molecule has 0 spiro atoms. The molecule has 1 amide bonds. The Morgan fingerprint density at radius 2 is 1.67 bits per heavy atom. The highest BCUT2D eigenvalue weighted by molar-refractivity contribution is 7.92. The molecule has 2 N–H and O–H groups in total. The van der Waals surface area contributed by atoms with Crippen LogP contribution in [0.2, 0.25) is 0 Å². The Morgan fingerprint density at radius 3 is 2.35 bits per heavy atom. The minimum absolute atomic E-state index is 0.0857. The molecule has 1 aliphatic rings. The summed E-state index contributed by atoms with van der Waals surface area (Å²) in [4.78, 5) is 17.3. The molecule has 4 aromatic rings. The lowest BCUT2D eigenvalue weighted by Gasteiger charge is -2.38. The molecule has 3 atom stereocenters. The quantitative estimate of drug-likeness (QED) is 0.213. The van der Waals surface area contributed by atoms with Crippen molar-refractivity contribution in [3.05, 3.63) is 114 Å². The number of carbonyl (C=O) groups is 1. The molecule has 0 aliphatic carbocycles. The number of para-hydroxylation sites is 2. The van der Waals surface area contributed by atoms with E-state index in [2.05, 4.69) is 9.62 Å². The lowest BCUT2D eigenvalue weighted by molar-refractivity contribution is 0.0344. The highest BCUT2D eigenvalue weighted by Crippen LogP contribution is 2.36. The number of likely N-dealkylation sites (N-methyl/N-ethyl adjacent to an activating group) is 1. The van der Waals surface area contributed by atoms with E-state index < -0.39 is 28.0 Å². The van der Waals surface area contributed by atoms with Gasteiger partial charge in [-0.05, 0) is 80.2 Å². The highest BCUT2D eigenvalue weighted by atomic mass is 32.2. The van der Waals surface area contributed by atoms with Gasteiger partial charge < -0.3 is 19.5 Å². The lowest BCUT2D eigenvalue weighted by Crippen LogP contribution is -2.49. The van der Waals surface area contributed by atoms with E-state index in [1.54, 1.807) is 24.0 Å². The number of anilines is 1. The van der Waals surface area contributed by atoms with E-state index in [1.165, 1.54) is 18.2 Å². The summed E-state index contributed by atoms with van der Waals surface area (Å²) in [5.74, 6) is 0.455. The fraction of sp³-hybridized carbons (Fsp3) is 0.286. The second-order valence-electron chi connectivity index (χ2n) is 11.6. The van der Waals surface area contributed by atoms with Crippen molar-refractivity contribution in [1.82, 2.24) is 9.80 Å². The van der Waals surface area contributed by atoms with Gasteiger partial charge in [-0.25, -0.2) is 12.8 Å². The Labute approximate surface area is 269 Å². The highest BCUT2D eigenvalue weighted by Gasteiger charge is 2.35. The van der Waals surface area contributed by atoms with Crippen molar-refractivity contribution in [2.45, 2.75) is 37.4 Å². The molecule has 11 heteroatoms. The second-order valence-corrected chi connectivity index (χ2v) is 13.3. The number of ether oxygens (including phenoxy) is 2. The molecule has 0 saturated carbocycles. The average molecular weight is 648 g/mol. The number of benzene rings is 4. The van der Waals surface area contributed by atoms with Gasteiger partial charge in [-0.3, -0.25) is 14.4 Å². The predicted molar refractivity (Wildman–Crippen MR) is 174 cm³/mol. The van der Waals surface area contributed by atoms with Crippen molar-refractivity contribution >= 4 is 21.6 Å². The van der Waals surface area contributed by atoms with Crippen molar-refractivity contribution in [3.8, 4) is 17.2 Å². The first-order chi connectivity index (χ1) is 22.0. The zero-order chi connectivity index (χ0) is 32.8. The van der Waals surface area contributed by atoms with Gasteiger partial charge in [-0.1, -0.05) is 43.3 Å². The molecular weight excluding hydrogens is 609 g/mol. The smallest absolute Gasteiger partial charge is 0.262 e. The van der Waals surface area contributed by atoms with E-state index in [0.717, 1.165) is 29.2 Å². The molecule has 5 rings (SSSR count). The summed E-state index contributed by atoms with van der Waals surface area (Å²) >= 11 is 0. The van der Waals surface area contributed by atoms with Crippen molar-refractivity contribution in [3.63, 3.8) is 0 Å². The first kappa shape index (κ1) is 32.9. The molecule has 0 bridgehead atoms. The standard InChI is InChI=1S/C35H38FN3O6S/c1-24-20-39(25(2)23-40)35(41)31-10-7-11-32(37-46(42,43)30-18-14-27(36)15-19-30)34(31)45-33(24)22-38(3)21-26-12-16-29(17-13-26)44-28-8-5-4-6-9-28/h4-19,24-25,33,37,40H,20-23H2,1-3H3/t24-,25-,33-/m0/s1. The first-order valence-electron chi connectivity index (χ1n) is 15.0. The van der Waals surface area contributed by atoms with E-state index in [4.69, 9.17) is 9.47 Å². The summed E-state index contributed by atoms with van der Waals surface area (Å²) in [5, 5.41) is 9.97. The van der Waals surface area contributed by atoms with Crippen LogP contribution in [0.25, 0.3) is 0 Å². The Bertz CT molecular complexity index is 1740. The molecular formula is C35H38FN3O6S. The van der Waals surface area contributed by atoms with Crippen molar-refractivity contribution in [2.75, 3.05) is 31.5 Å². The lowest BCUT2D eigenvalue weighted by atomic mass is 9.99. The molecule has 0 saturated heterocycles. The van der Waals surface area contributed by atoms with Crippen molar-refractivity contribution < 1.29 is 32.2 Å². The average Bonchev–Trinajstić information content (AvgIpc) is 3.04. The van der Waals surface area contributed by atoms with Crippen molar-refractivity contribution in [1.29, 1.82) is 0 Å². The first-order valence-corrected chi connectivity index (χ1v) is 16.5. The van der Waals surface area contributed by atoms with E-state index in [9.17, 15) is 22.7 Å². The van der Waals surface area contributed by atoms with Gasteiger partial charge in [0.15, 0.2) is 5.75 Å². The Balaban J connectivity index is 1.39. The number of aliphatic hydroxyl groups excluding tert-OH is 1. The third kappa shape index (κ3) is 7.85. The van der Waals surface area contributed by atoms with Crippen LogP contribution in [0.3, 0.4) is 0 Å². The maximum Gasteiger partial charge on any atom is 0.262 e. The maximum atomic E-state index is 13.8. The number of amides is 1. The minimum Gasteiger partial charge on any atom is -0.486 e. The molecule has 46 heavy (non-hydrogen) atoms. The third-order valence-corrected chi connectivity index (χ3v) is 9.29. The second kappa shape index (κ2) is 14.3. The molecule has 0 unspecified atom stereocenters. The summed E-state index contributed by atoms with van der Waals surface area (Å²) < 4.78 is 55.0. The summed E-state index contributed by atoms with van der Waals surface area (Å²) in [6.45, 7) is 4.88. The molecule has 4 aromatic carbocycles. The van der Waals surface area contributed by atoms with Crippen molar-refractivity contribution in [2.24, 2.45) is 5.92 Å². The van der Waals surface area contributed by atoms with E-state index in [-0.39, 0.29) is 40.3 Å². The molecule has 9 nitrogen and oxygen atoms in total. The molecule has 0 aromatic heterocycles. The number of carbonyl (C=O) groups excluding carboxylic acids is 1. The fourth-order valence-electron chi connectivity index (χ4n) is 5.33. The van der Waals surface area contributed by atoms with E-state index in [0.29, 0.717) is 19.6 Å². The zero-order valence-corrected chi connectivity index (χ0v) is 26.8. The van der Waals surface area contributed by atoms with Crippen LogP contribution in [0, 0.1) is 11.7 Å². The van der Waals surface area contributed by atoms with Gasteiger partial charge in [-0.15, -0.1) is 0 Å². The van der Waals surface area contributed by atoms with Gasteiger partial charge in [0.1, 0.15) is 23.4 Å². The summed E-state index contributed by atoms with van der Waals surface area (Å²) in [6, 6.07) is 26.1. The van der Waals surface area contributed by atoms with Crippen LogP contribution >= 0.6 is 0 Å². The van der Waals surface area contributed by atoms with Crippen LogP contribution in [0.15, 0.2) is 102 Å². The zero-order valence-electron chi connectivity index (χ0n) is 26.0. The van der Waals surface area contributed by atoms with Gasteiger partial charge in [0.05, 0.1) is 28.8 Å². The number of nitrogens with one attached hydrogen (secondary N) is 1. The normalized spacial score (nSPS) is 17.4. The monoisotopic (exact) mass is 647 g/mol. The number of halogens is 1. The maximum absolute atomic E-state index is 13.8. The number of hydrogen-bond acceptors (Lipinski definition) is 7. The fourth-order valence-corrected chi connectivity index (χ4v) is 6.39. The molecule has 1 aliphatic heterocycles. The molecule has 242 valence electrons. The Morgan fingerprint density at radius 1 is 1.00 bits per heavy atom. The van der Waals surface area contributed by atoms with Crippen LogP contribution < -0.4 is 14.2 Å².